The summed E-state index contributed by atoms with van der Waals surface area (Å²) < 4.78 is 19.5. The van der Waals surface area contributed by atoms with Gasteiger partial charge in [0.15, 0.2) is 11.6 Å². The van der Waals surface area contributed by atoms with Crippen LogP contribution in [0.3, 0.4) is 0 Å². The van der Waals surface area contributed by atoms with Crippen LogP contribution < -0.4 is 10.6 Å². The number of hydrogen-bond acceptors (Lipinski definition) is 6. The number of aromatic nitrogens is 2. The average Bonchev–Trinajstić information content (AvgIpc) is 3.14. The molecule has 0 saturated heterocycles. The first-order chi connectivity index (χ1) is 14.7. The zero-order chi connectivity index (χ0) is 22.2. The van der Waals surface area contributed by atoms with Gasteiger partial charge in [-0.2, -0.15) is 4.98 Å². The molecule has 0 aliphatic rings. The number of halogens is 1. The van der Waals surface area contributed by atoms with E-state index < -0.39 is 11.8 Å². The zero-order valence-corrected chi connectivity index (χ0v) is 17.2. The van der Waals surface area contributed by atoms with E-state index in [1.807, 2.05) is 24.3 Å². The third-order valence-corrected chi connectivity index (χ3v) is 4.74. The SMILES string of the molecule is CC(C)(C)c1ccc(Nc2nc(Nc3ccc4oc(C(=O)O)cc4c3)ncc2F)cc1. The van der Waals surface area contributed by atoms with E-state index in [1.165, 1.54) is 11.6 Å². The van der Waals surface area contributed by atoms with Crippen molar-refractivity contribution in [1.29, 1.82) is 0 Å². The Morgan fingerprint density at radius 3 is 2.42 bits per heavy atom. The fourth-order valence-electron chi connectivity index (χ4n) is 3.06. The summed E-state index contributed by atoms with van der Waals surface area (Å²) in [4.78, 5) is 19.3. The second kappa shape index (κ2) is 7.71. The number of fused-ring (bicyclic) bond motifs is 1. The monoisotopic (exact) mass is 420 g/mol. The summed E-state index contributed by atoms with van der Waals surface area (Å²) in [5, 5.41) is 15.6. The summed E-state index contributed by atoms with van der Waals surface area (Å²) >= 11 is 0. The van der Waals surface area contributed by atoms with Gasteiger partial charge < -0.3 is 20.2 Å². The summed E-state index contributed by atoms with van der Waals surface area (Å²) in [7, 11) is 0. The van der Waals surface area contributed by atoms with Crippen molar-refractivity contribution in [3.8, 4) is 0 Å². The van der Waals surface area contributed by atoms with E-state index in [2.05, 4.69) is 41.4 Å². The Labute approximate surface area is 178 Å². The summed E-state index contributed by atoms with van der Waals surface area (Å²) in [5.41, 5.74) is 2.96. The second-order valence-corrected chi connectivity index (χ2v) is 8.14. The summed E-state index contributed by atoms with van der Waals surface area (Å²) in [5.74, 6) is -1.63. The van der Waals surface area contributed by atoms with Gasteiger partial charge >= 0.3 is 5.97 Å². The first kappa shape index (κ1) is 20.3. The predicted molar refractivity (Wildman–Crippen MR) is 117 cm³/mol. The number of aromatic carboxylic acids is 1. The summed E-state index contributed by atoms with van der Waals surface area (Å²) in [6.45, 7) is 6.38. The van der Waals surface area contributed by atoms with Gasteiger partial charge in [0.1, 0.15) is 5.58 Å². The van der Waals surface area contributed by atoms with Crippen molar-refractivity contribution in [1.82, 2.24) is 9.97 Å². The Hall–Kier alpha value is -3.94. The van der Waals surface area contributed by atoms with Crippen LogP contribution in [0.1, 0.15) is 36.9 Å². The number of carboxylic acid groups (broad SMARTS) is 1. The lowest BCUT2D eigenvalue weighted by atomic mass is 9.87. The van der Waals surface area contributed by atoms with Crippen LogP contribution in [-0.2, 0) is 5.41 Å². The molecule has 0 aliphatic carbocycles. The number of carboxylic acids is 1. The summed E-state index contributed by atoms with van der Waals surface area (Å²) in [6, 6.07) is 14.2. The quantitative estimate of drug-likeness (QED) is 0.373. The lowest BCUT2D eigenvalue weighted by Crippen LogP contribution is -2.10. The van der Waals surface area contributed by atoms with Gasteiger partial charge in [-0.05, 0) is 47.4 Å². The van der Waals surface area contributed by atoms with Crippen molar-refractivity contribution in [2.24, 2.45) is 0 Å². The van der Waals surface area contributed by atoms with Crippen LogP contribution in [0.2, 0.25) is 0 Å². The first-order valence-corrected chi connectivity index (χ1v) is 9.63. The molecule has 2 heterocycles. The molecule has 0 unspecified atom stereocenters. The molecule has 0 radical (unpaired) electrons. The lowest BCUT2D eigenvalue weighted by molar-refractivity contribution is 0.0665. The van der Waals surface area contributed by atoms with Crippen LogP contribution in [0.4, 0.5) is 27.5 Å². The number of anilines is 4. The fourth-order valence-corrected chi connectivity index (χ4v) is 3.06. The maximum absolute atomic E-state index is 14.3. The van der Waals surface area contributed by atoms with Crippen molar-refractivity contribution in [3.05, 3.63) is 71.9 Å². The average molecular weight is 420 g/mol. The van der Waals surface area contributed by atoms with E-state index in [1.54, 1.807) is 18.2 Å². The number of rotatable bonds is 5. The molecule has 4 rings (SSSR count). The van der Waals surface area contributed by atoms with Crippen LogP contribution in [0.5, 0.6) is 0 Å². The Morgan fingerprint density at radius 2 is 1.74 bits per heavy atom. The molecular weight excluding hydrogens is 399 g/mol. The highest BCUT2D eigenvalue weighted by molar-refractivity contribution is 5.92. The van der Waals surface area contributed by atoms with Gasteiger partial charge in [-0.3, -0.25) is 0 Å². The molecular formula is C23H21FN4O3. The molecule has 0 atom stereocenters. The van der Waals surface area contributed by atoms with Crippen LogP contribution in [0.15, 0.2) is 59.1 Å². The topological polar surface area (TPSA) is 100 Å². The minimum absolute atomic E-state index is 0.0249. The number of carbonyl (C=O) groups is 1. The minimum atomic E-state index is -1.14. The van der Waals surface area contributed by atoms with Crippen LogP contribution >= 0.6 is 0 Å². The van der Waals surface area contributed by atoms with Crippen molar-refractivity contribution in [2.45, 2.75) is 26.2 Å². The molecule has 4 aromatic rings. The van der Waals surface area contributed by atoms with Crippen LogP contribution in [0.25, 0.3) is 11.0 Å². The van der Waals surface area contributed by atoms with Crippen molar-refractivity contribution < 1.29 is 18.7 Å². The summed E-state index contributed by atoms with van der Waals surface area (Å²) in [6.07, 6.45) is 1.08. The number of nitrogens with one attached hydrogen (secondary N) is 2. The highest BCUT2D eigenvalue weighted by Gasteiger charge is 2.14. The molecule has 158 valence electrons. The van der Waals surface area contributed by atoms with Gasteiger partial charge in [-0.15, -0.1) is 0 Å². The van der Waals surface area contributed by atoms with Crippen LogP contribution in [0, 0.1) is 5.82 Å². The maximum Gasteiger partial charge on any atom is 0.371 e. The van der Waals surface area contributed by atoms with Gasteiger partial charge in [0.05, 0.1) is 6.20 Å². The van der Waals surface area contributed by atoms with Crippen molar-refractivity contribution >= 4 is 40.1 Å². The molecule has 2 aromatic carbocycles. The largest absolute Gasteiger partial charge is 0.475 e. The van der Waals surface area contributed by atoms with Gasteiger partial charge in [0.25, 0.3) is 0 Å². The maximum atomic E-state index is 14.3. The van der Waals surface area contributed by atoms with Gasteiger partial charge in [-0.25, -0.2) is 14.2 Å². The van der Waals surface area contributed by atoms with Gasteiger partial charge in [0.2, 0.25) is 11.7 Å². The Balaban J connectivity index is 1.55. The number of furan rings is 1. The third kappa shape index (κ3) is 4.48. The highest BCUT2D eigenvalue weighted by Crippen LogP contribution is 2.27. The van der Waals surface area contributed by atoms with Gasteiger partial charge in [0, 0.05) is 16.8 Å². The zero-order valence-electron chi connectivity index (χ0n) is 17.2. The van der Waals surface area contributed by atoms with E-state index in [9.17, 15) is 9.18 Å². The molecule has 2 aromatic heterocycles. The Kier molecular flexibility index (Phi) is 5.06. The molecule has 3 N–H and O–H groups in total. The minimum Gasteiger partial charge on any atom is -0.475 e. The molecule has 31 heavy (non-hydrogen) atoms. The highest BCUT2D eigenvalue weighted by atomic mass is 19.1. The Bertz CT molecular complexity index is 1260. The smallest absolute Gasteiger partial charge is 0.371 e. The lowest BCUT2D eigenvalue weighted by Gasteiger charge is -2.19. The van der Waals surface area contributed by atoms with Crippen molar-refractivity contribution in [3.63, 3.8) is 0 Å². The first-order valence-electron chi connectivity index (χ1n) is 9.63. The predicted octanol–water partition coefficient (Wildman–Crippen LogP) is 5.84. The van der Waals surface area contributed by atoms with E-state index in [4.69, 9.17) is 9.52 Å². The number of hydrogen-bond donors (Lipinski definition) is 3. The number of nitrogens with zero attached hydrogens (tertiary/aromatic N) is 2. The molecule has 0 bridgehead atoms. The van der Waals surface area contributed by atoms with Crippen molar-refractivity contribution in [2.75, 3.05) is 10.6 Å². The fraction of sp³-hybridized carbons (Fsp3) is 0.174. The molecule has 0 spiro atoms. The third-order valence-electron chi connectivity index (χ3n) is 4.74. The van der Waals surface area contributed by atoms with E-state index in [-0.39, 0.29) is 22.9 Å². The standard InChI is InChI=1S/C23H21FN4O3/c1-23(2,3)14-4-6-15(7-5-14)26-20-17(24)12-25-22(28-20)27-16-8-9-18-13(10-16)11-19(31-18)21(29)30/h4-12H,1-3H3,(H,29,30)(H2,25,26,27,28). The second-order valence-electron chi connectivity index (χ2n) is 8.14. The number of benzene rings is 2. The Morgan fingerprint density at radius 1 is 1.03 bits per heavy atom. The normalized spacial score (nSPS) is 11.5. The molecule has 7 nitrogen and oxygen atoms in total. The van der Waals surface area contributed by atoms with Gasteiger partial charge in [-0.1, -0.05) is 32.9 Å². The van der Waals surface area contributed by atoms with Crippen LogP contribution in [-0.4, -0.2) is 21.0 Å². The van der Waals surface area contributed by atoms with E-state index in [0.717, 1.165) is 6.20 Å². The molecule has 0 saturated carbocycles. The van der Waals surface area contributed by atoms with E-state index in [0.29, 0.717) is 22.3 Å². The molecule has 0 amide bonds. The molecule has 0 fully saturated rings. The van der Waals surface area contributed by atoms with E-state index >= 15 is 0 Å². The molecule has 0 aliphatic heterocycles. The molecule has 8 heteroatoms.